The van der Waals surface area contributed by atoms with Crippen molar-refractivity contribution in [2.45, 2.75) is 26.8 Å². The minimum absolute atomic E-state index is 0.103. The van der Waals surface area contributed by atoms with E-state index in [1.165, 1.54) is 28.1 Å². The van der Waals surface area contributed by atoms with Crippen molar-refractivity contribution in [2.75, 3.05) is 31.1 Å². The lowest BCUT2D eigenvalue weighted by Gasteiger charge is -2.36. The molecule has 132 valence electrons. The van der Waals surface area contributed by atoms with Crippen molar-refractivity contribution in [3.8, 4) is 0 Å². The Morgan fingerprint density at radius 2 is 1.88 bits per heavy atom. The first-order valence-corrected chi connectivity index (χ1v) is 8.77. The molecule has 1 saturated heterocycles. The zero-order valence-corrected chi connectivity index (χ0v) is 14.8. The maximum absolute atomic E-state index is 12.7. The minimum atomic E-state index is -0.164. The van der Waals surface area contributed by atoms with Gasteiger partial charge in [-0.1, -0.05) is 19.1 Å². The Hall–Kier alpha value is -2.63. The number of nitrogens with zero attached hydrogens (tertiary/aromatic N) is 4. The summed E-state index contributed by atoms with van der Waals surface area (Å²) < 4.78 is 1.37. The molecule has 1 aliphatic rings. The Bertz CT molecular complexity index is 807. The van der Waals surface area contributed by atoms with Crippen LogP contribution in [0.1, 0.15) is 29.4 Å². The van der Waals surface area contributed by atoms with Crippen LogP contribution in [0.4, 0.5) is 5.69 Å². The second-order valence-corrected chi connectivity index (χ2v) is 6.40. The number of benzene rings is 1. The molecule has 1 aliphatic heterocycles. The Labute approximate surface area is 147 Å². The number of piperazine rings is 1. The van der Waals surface area contributed by atoms with Crippen molar-refractivity contribution in [1.82, 2.24) is 14.7 Å². The smallest absolute Gasteiger partial charge is 0.274 e. The predicted octanol–water partition coefficient (Wildman–Crippen LogP) is 1.92. The summed E-state index contributed by atoms with van der Waals surface area (Å²) in [7, 11) is 0. The molecule has 0 saturated carbocycles. The van der Waals surface area contributed by atoms with E-state index in [1.807, 2.05) is 11.8 Å². The van der Waals surface area contributed by atoms with E-state index in [-0.39, 0.29) is 11.5 Å². The first-order valence-electron chi connectivity index (χ1n) is 8.77. The number of hydrogen-bond donors (Lipinski definition) is 0. The van der Waals surface area contributed by atoms with Crippen LogP contribution in [0.15, 0.2) is 41.2 Å². The zero-order chi connectivity index (χ0) is 17.8. The van der Waals surface area contributed by atoms with E-state index in [0.717, 1.165) is 19.5 Å². The molecule has 1 fully saturated rings. The molecule has 6 nitrogen and oxygen atoms in total. The molecule has 0 unspecified atom stereocenters. The van der Waals surface area contributed by atoms with Crippen molar-refractivity contribution in [2.24, 2.45) is 0 Å². The quantitative estimate of drug-likeness (QED) is 0.853. The number of anilines is 1. The Balaban J connectivity index is 1.67. The zero-order valence-electron chi connectivity index (χ0n) is 14.8. The van der Waals surface area contributed by atoms with Gasteiger partial charge in [-0.05, 0) is 37.1 Å². The first-order chi connectivity index (χ1) is 12.1. The average Bonchev–Trinajstić information content (AvgIpc) is 2.63. The van der Waals surface area contributed by atoms with Crippen LogP contribution in [0.2, 0.25) is 0 Å². The maximum atomic E-state index is 12.7. The summed E-state index contributed by atoms with van der Waals surface area (Å²) in [6, 6.07) is 11.4. The number of hydrogen-bond acceptors (Lipinski definition) is 4. The number of rotatable bonds is 4. The molecule has 0 aliphatic carbocycles. The van der Waals surface area contributed by atoms with Gasteiger partial charge in [0.05, 0.1) is 0 Å². The molecule has 1 amide bonds. The van der Waals surface area contributed by atoms with Crippen LogP contribution in [0.25, 0.3) is 0 Å². The van der Waals surface area contributed by atoms with E-state index in [1.54, 1.807) is 0 Å². The van der Waals surface area contributed by atoms with Crippen LogP contribution in [0.3, 0.4) is 0 Å². The molecule has 0 spiro atoms. The third kappa shape index (κ3) is 3.90. The third-order valence-electron chi connectivity index (χ3n) is 4.45. The van der Waals surface area contributed by atoms with Crippen molar-refractivity contribution in [3.05, 3.63) is 58.0 Å². The molecule has 0 atom stereocenters. The van der Waals surface area contributed by atoms with Crippen LogP contribution < -0.4 is 10.5 Å². The summed E-state index contributed by atoms with van der Waals surface area (Å²) in [6.45, 7) is 7.49. The van der Waals surface area contributed by atoms with E-state index < -0.39 is 0 Å². The molecule has 6 heteroatoms. The molecule has 3 rings (SSSR count). The summed E-state index contributed by atoms with van der Waals surface area (Å²) in [5.74, 6) is -0.103. The van der Waals surface area contributed by atoms with Crippen molar-refractivity contribution < 1.29 is 4.79 Å². The van der Waals surface area contributed by atoms with Crippen molar-refractivity contribution in [3.63, 3.8) is 0 Å². The number of amides is 1. The van der Waals surface area contributed by atoms with Gasteiger partial charge in [-0.2, -0.15) is 5.10 Å². The molecule has 1 aromatic carbocycles. The molecule has 0 radical (unpaired) electrons. The van der Waals surface area contributed by atoms with Gasteiger partial charge in [0.2, 0.25) is 0 Å². The molecule has 2 heterocycles. The lowest BCUT2D eigenvalue weighted by molar-refractivity contribution is 0.0738. The molecular formula is C19H24N4O2. The van der Waals surface area contributed by atoms with Gasteiger partial charge in [-0.3, -0.25) is 9.59 Å². The number of aryl methyl sites for hydroxylation is 2. The van der Waals surface area contributed by atoms with Gasteiger partial charge >= 0.3 is 0 Å². The molecule has 2 aromatic rings. The molecule has 25 heavy (non-hydrogen) atoms. The standard InChI is InChI=1S/C19H24N4O2/c1-3-9-23-18(24)8-7-17(20-23)19(25)22-12-10-21(11-13-22)16-6-4-5-15(2)14-16/h4-8,14H,3,9-13H2,1-2H3. The van der Waals surface area contributed by atoms with Crippen LogP contribution in [-0.4, -0.2) is 46.8 Å². The van der Waals surface area contributed by atoms with E-state index in [9.17, 15) is 9.59 Å². The van der Waals surface area contributed by atoms with E-state index in [4.69, 9.17) is 0 Å². The summed E-state index contributed by atoms with van der Waals surface area (Å²) in [4.78, 5) is 28.6. The van der Waals surface area contributed by atoms with Crippen molar-refractivity contribution in [1.29, 1.82) is 0 Å². The molecule has 0 N–H and O–H groups in total. The summed E-state index contributed by atoms with van der Waals surface area (Å²) in [6.07, 6.45) is 0.805. The maximum Gasteiger partial charge on any atom is 0.274 e. The highest BCUT2D eigenvalue weighted by Gasteiger charge is 2.23. The molecule has 1 aromatic heterocycles. The van der Waals surface area contributed by atoms with E-state index in [0.29, 0.717) is 25.3 Å². The van der Waals surface area contributed by atoms with Gasteiger partial charge in [0.1, 0.15) is 5.69 Å². The topological polar surface area (TPSA) is 58.4 Å². The number of aromatic nitrogens is 2. The van der Waals surface area contributed by atoms with Gasteiger partial charge in [0, 0.05) is 44.5 Å². The Morgan fingerprint density at radius 3 is 2.56 bits per heavy atom. The monoisotopic (exact) mass is 340 g/mol. The fourth-order valence-electron chi connectivity index (χ4n) is 3.09. The van der Waals surface area contributed by atoms with Crippen LogP contribution in [0.5, 0.6) is 0 Å². The normalized spacial score (nSPS) is 14.6. The highest BCUT2D eigenvalue weighted by Crippen LogP contribution is 2.18. The third-order valence-corrected chi connectivity index (χ3v) is 4.45. The lowest BCUT2D eigenvalue weighted by atomic mass is 10.2. The second-order valence-electron chi connectivity index (χ2n) is 6.40. The van der Waals surface area contributed by atoms with E-state index >= 15 is 0 Å². The van der Waals surface area contributed by atoms with Gasteiger partial charge in [0.25, 0.3) is 11.5 Å². The minimum Gasteiger partial charge on any atom is -0.368 e. The Morgan fingerprint density at radius 1 is 1.12 bits per heavy atom. The highest BCUT2D eigenvalue weighted by molar-refractivity contribution is 5.92. The summed E-state index contributed by atoms with van der Waals surface area (Å²) in [5.41, 5.74) is 2.61. The Kier molecular flexibility index (Phi) is 5.16. The van der Waals surface area contributed by atoms with E-state index in [2.05, 4.69) is 41.2 Å². The number of carbonyl (C=O) groups is 1. The van der Waals surface area contributed by atoms with Gasteiger partial charge < -0.3 is 9.80 Å². The van der Waals surface area contributed by atoms with Crippen LogP contribution >= 0.6 is 0 Å². The summed E-state index contributed by atoms with van der Waals surface area (Å²) >= 11 is 0. The van der Waals surface area contributed by atoms with Crippen LogP contribution in [-0.2, 0) is 6.54 Å². The fraction of sp³-hybridized carbons (Fsp3) is 0.421. The second kappa shape index (κ2) is 7.51. The van der Waals surface area contributed by atoms with Crippen molar-refractivity contribution >= 4 is 11.6 Å². The SMILES string of the molecule is CCCn1nc(C(=O)N2CCN(c3cccc(C)c3)CC2)ccc1=O. The first kappa shape index (κ1) is 17.2. The summed E-state index contributed by atoms with van der Waals surface area (Å²) in [5, 5.41) is 4.23. The number of carbonyl (C=O) groups excluding carboxylic acids is 1. The van der Waals surface area contributed by atoms with Crippen LogP contribution in [0, 0.1) is 6.92 Å². The predicted molar refractivity (Wildman–Crippen MR) is 98.1 cm³/mol. The van der Waals surface area contributed by atoms with Gasteiger partial charge in [0.15, 0.2) is 0 Å². The molecular weight excluding hydrogens is 316 g/mol. The van der Waals surface area contributed by atoms with Gasteiger partial charge in [-0.15, -0.1) is 0 Å². The average molecular weight is 340 g/mol. The fourth-order valence-corrected chi connectivity index (χ4v) is 3.09. The highest BCUT2D eigenvalue weighted by atomic mass is 16.2. The van der Waals surface area contributed by atoms with Gasteiger partial charge in [-0.25, -0.2) is 4.68 Å². The molecule has 0 bridgehead atoms. The largest absolute Gasteiger partial charge is 0.368 e. The lowest BCUT2D eigenvalue weighted by Crippen LogP contribution is -2.49.